The largest absolute Gasteiger partial charge is 0.504 e. The van der Waals surface area contributed by atoms with Gasteiger partial charge in [0.05, 0.1) is 18.7 Å². The number of hydrogen-bond donors (Lipinski definition) is 2. The van der Waals surface area contributed by atoms with Gasteiger partial charge in [-0.15, -0.1) is 6.58 Å². The van der Waals surface area contributed by atoms with Gasteiger partial charge in [0.15, 0.2) is 11.5 Å². The maximum Gasteiger partial charge on any atom is 0.163 e. The van der Waals surface area contributed by atoms with Gasteiger partial charge in [0.25, 0.3) is 0 Å². The lowest BCUT2D eigenvalue weighted by Crippen LogP contribution is -2.13. The Labute approximate surface area is 101 Å². The lowest BCUT2D eigenvalue weighted by Gasteiger charge is -2.17. The molecule has 1 aromatic carbocycles. The van der Waals surface area contributed by atoms with E-state index in [9.17, 15) is 5.11 Å². The van der Waals surface area contributed by atoms with Crippen molar-refractivity contribution in [3.8, 4) is 17.6 Å². The summed E-state index contributed by atoms with van der Waals surface area (Å²) in [5, 5.41) is 19.0. The van der Waals surface area contributed by atoms with Crippen LogP contribution in [0.1, 0.15) is 30.5 Å². The number of nitrogens with zero attached hydrogens (tertiary/aromatic N) is 1. The van der Waals surface area contributed by atoms with Crippen LogP contribution in [0.15, 0.2) is 24.3 Å². The van der Waals surface area contributed by atoms with Crippen molar-refractivity contribution >= 4 is 0 Å². The third-order valence-electron chi connectivity index (χ3n) is 2.46. The molecule has 0 unspecified atom stereocenters. The van der Waals surface area contributed by atoms with Gasteiger partial charge >= 0.3 is 0 Å². The number of aromatic hydroxyl groups is 1. The molecule has 4 nitrogen and oxygen atoms in total. The van der Waals surface area contributed by atoms with E-state index in [0.29, 0.717) is 23.3 Å². The number of methoxy groups -OCH3 is 1. The molecule has 1 aromatic rings. The summed E-state index contributed by atoms with van der Waals surface area (Å²) in [6.07, 6.45) is 0.509. The molecule has 0 fully saturated rings. The highest BCUT2D eigenvalue weighted by molar-refractivity contribution is 5.55. The molecule has 90 valence electrons. The third kappa shape index (κ3) is 2.77. The highest BCUT2D eigenvalue weighted by Gasteiger charge is 2.19. The van der Waals surface area contributed by atoms with Gasteiger partial charge in [0.2, 0.25) is 0 Å². The van der Waals surface area contributed by atoms with Crippen LogP contribution in [0.4, 0.5) is 0 Å². The second-order valence-electron chi connectivity index (χ2n) is 3.96. The van der Waals surface area contributed by atoms with Crippen LogP contribution in [0.2, 0.25) is 0 Å². The van der Waals surface area contributed by atoms with Gasteiger partial charge in [0.1, 0.15) is 0 Å². The van der Waals surface area contributed by atoms with Crippen molar-refractivity contribution in [1.82, 2.24) is 0 Å². The molecule has 0 aromatic heterocycles. The van der Waals surface area contributed by atoms with E-state index in [2.05, 4.69) is 6.58 Å². The number of phenolic OH excluding ortho intramolecular Hbond substituents is 1. The van der Waals surface area contributed by atoms with E-state index in [4.69, 9.17) is 15.7 Å². The topological polar surface area (TPSA) is 79.3 Å². The van der Waals surface area contributed by atoms with Gasteiger partial charge in [-0.3, -0.25) is 0 Å². The van der Waals surface area contributed by atoms with Gasteiger partial charge in [-0.1, -0.05) is 5.57 Å². The van der Waals surface area contributed by atoms with Crippen LogP contribution in [-0.4, -0.2) is 12.2 Å². The van der Waals surface area contributed by atoms with Crippen molar-refractivity contribution in [3.05, 3.63) is 35.4 Å². The second-order valence-corrected chi connectivity index (χ2v) is 3.96. The van der Waals surface area contributed by atoms with Crippen LogP contribution in [-0.2, 0) is 0 Å². The zero-order chi connectivity index (χ0) is 13.0. The van der Waals surface area contributed by atoms with Crippen LogP contribution < -0.4 is 10.5 Å². The minimum atomic E-state index is -0.461. The first-order valence-corrected chi connectivity index (χ1v) is 5.21. The fourth-order valence-corrected chi connectivity index (χ4v) is 1.70. The monoisotopic (exact) mass is 232 g/mol. The van der Waals surface area contributed by atoms with Gasteiger partial charge in [-0.2, -0.15) is 5.26 Å². The molecule has 0 bridgehead atoms. The van der Waals surface area contributed by atoms with Crippen molar-refractivity contribution < 1.29 is 9.84 Å². The Morgan fingerprint density at radius 1 is 1.65 bits per heavy atom. The van der Waals surface area contributed by atoms with E-state index in [-0.39, 0.29) is 5.75 Å². The Kier molecular flexibility index (Phi) is 4.13. The quantitative estimate of drug-likeness (QED) is 0.780. The molecule has 1 rings (SSSR count). The highest BCUT2D eigenvalue weighted by Crippen LogP contribution is 2.37. The molecule has 0 aliphatic rings. The predicted octanol–water partition coefficient (Wildman–Crippen LogP) is 2.24. The summed E-state index contributed by atoms with van der Waals surface area (Å²) in [6, 6.07) is 4.69. The summed E-state index contributed by atoms with van der Waals surface area (Å²) < 4.78 is 5.00. The third-order valence-corrected chi connectivity index (χ3v) is 2.46. The Morgan fingerprint density at radius 3 is 2.76 bits per heavy atom. The zero-order valence-electron chi connectivity index (χ0n) is 10.0. The van der Waals surface area contributed by atoms with Crippen molar-refractivity contribution in [2.45, 2.75) is 19.4 Å². The number of benzene rings is 1. The maximum absolute atomic E-state index is 10.00. The van der Waals surface area contributed by atoms with E-state index >= 15 is 0 Å². The standard InChI is InChI=1S/C13H16N2O2/c1-8(2)6-10(15)12-9(7-14)4-5-11(17-3)13(12)16/h4-5,10,16H,1,6,15H2,2-3H3/t10-/m1/s1. The molecule has 0 spiro atoms. The Hall–Kier alpha value is -1.99. The first kappa shape index (κ1) is 13.1. The van der Waals surface area contributed by atoms with Crippen LogP contribution in [0.3, 0.4) is 0 Å². The van der Waals surface area contributed by atoms with E-state index in [1.807, 2.05) is 13.0 Å². The molecule has 3 N–H and O–H groups in total. The van der Waals surface area contributed by atoms with Crippen molar-refractivity contribution in [3.63, 3.8) is 0 Å². The lowest BCUT2D eigenvalue weighted by molar-refractivity contribution is 0.368. The Balaban J connectivity index is 3.28. The van der Waals surface area contributed by atoms with Crippen molar-refractivity contribution in [2.24, 2.45) is 5.73 Å². The van der Waals surface area contributed by atoms with Crippen molar-refractivity contribution in [1.29, 1.82) is 5.26 Å². The summed E-state index contributed by atoms with van der Waals surface area (Å²) in [7, 11) is 1.45. The van der Waals surface area contributed by atoms with E-state index in [1.54, 1.807) is 12.1 Å². The van der Waals surface area contributed by atoms with Gasteiger partial charge in [0, 0.05) is 11.6 Å². The molecule has 0 saturated heterocycles. The molecule has 0 aliphatic heterocycles. The fraction of sp³-hybridized carbons (Fsp3) is 0.308. The fourth-order valence-electron chi connectivity index (χ4n) is 1.70. The normalized spacial score (nSPS) is 11.6. The number of ether oxygens (including phenoxy) is 1. The van der Waals surface area contributed by atoms with E-state index in [1.165, 1.54) is 7.11 Å². The molecule has 1 atom stereocenters. The van der Waals surface area contributed by atoms with E-state index < -0.39 is 6.04 Å². The summed E-state index contributed by atoms with van der Waals surface area (Å²) >= 11 is 0. The summed E-state index contributed by atoms with van der Waals surface area (Å²) in [5.74, 6) is 0.247. The lowest BCUT2D eigenvalue weighted by atomic mass is 9.95. The van der Waals surface area contributed by atoms with Crippen LogP contribution in [0.5, 0.6) is 11.5 Å². The van der Waals surface area contributed by atoms with Crippen LogP contribution in [0, 0.1) is 11.3 Å². The zero-order valence-corrected chi connectivity index (χ0v) is 10.0. The molecule has 17 heavy (non-hydrogen) atoms. The van der Waals surface area contributed by atoms with E-state index in [0.717, 1.165) is 5.57 Å². The predicted molar refractivity (Wildman–Crippen MR) is 65.7 cm³/mol. The minimum absolute atomic E-state index is 0.0692. The number of phenols is 1. The Bertz CT molecular complexity index is 475. The molecule has 0 amide bonds. The highest BCUT2D eigenvalue weighted by atomic mass is 16.5. The number of nitriles is 1. The molecule has 0 heterocycles. The number of nitrogens with two attached hydrogens (primary N) is 1. The average molecular weight is 232 g/mol. The maximum atomic E-state index is 10.00. The van der Waals surface area contributed by atoms with Gasteiger partial charge in [-0.25, -0.2) is 0 Å². The SMILES string of the molecule is C=C(C)C[C@@H](N)c1c(C#N)ccc(OC)c1O. The first-order valence-electron chi connectivity index (χ1n) is 5.21. The minimum Gasteiger partial charge on any atom is -0.504 e. The smallest absolute Gasteiger partial charge is 0.163 e. The van der Waals surface area contributed by atoms with Crippen LogP contribution >= 0.6 is 0 Å². The summed E-state index contributed by atoms with van der Waals surface area (Å²) in [5.41, 5.74) is 7.63. The molecule has 4 heteroatoms. The number of hydrogen-bond acceptors (Lipinski definition) is 4. The van der Waals surface area contributed by atoms with Gasteiger partial charge < -0.3 is 15.6 Å². The molecule has 0 aliphatic carbocycles. The number of rotatable bonds is 4. The summed E-state index contributed by atoms with van der Waals surface area (Å²) in [4.78, 5) is 0. The Morgan fingerprint density at radius 2 is 2.29 bits per heavy atom. The summed E-state index contributed by atoms with van der Waals surface area (Å²) in [6.45, 7) is 5.62. The molecular formula is C13H16N2O2. The molecular weight excluding hydrogens is 216 g/mol. The van der Waals surface area contributed by atoms with Gasteiger partial charge in [-0.05, 0) is 25.5 Å². The molecule has 0 radical (unpaired) electrons. The van der Waals surface area contributed by atoms with Crippen molar-refractivity contribution in [2.75, 3.05) is 7.11 Å². The second kappa shape index (κ2) is 5.37. The average Bonchev–Trinajstić information content (AvgIpc) is 2.27. The molecule has 0 saturated carbocycles. The first-order chi connectivity index (χ1) is 8.01. The van der Waals surface area contributed by atoms with Crippen LogP contribution in [0.25, 0.3) is 0 Å².